The van der Waals surface area contributed by atoms with Crippen LogP contribution in [0.3, 0.4) is 0 Å². The van der Waals surface area contributed by atoms with Crippen LogP contribution in [0.4, 0.5) is 4.79 Å². The molecule has 0 aliphatic heterocycles. The molecule has 0 bridgehead atoms. The number of ether oxygens (including phenoxy) is 1. The monoisotopic (exact) mass is 390 g/mol. The van der Waals surface area contributed by atoms with Gasteiger partial charge in [0.25, 0.3) is 5.91 Å². The Labute approximate surface area is 163 Å². The van der Waals surface area contributed by atoms with E-state index in [-0.39, 0.29) is 12.5 Å². The number of rotatable bonds is 9. The summed E-state index contributed by atoms with van der Waals surface area (Å²) in [6.07, 6.45) is 2.13. The number of urea groups is 1. The quantitative estimate of drug-likeness (QED) is 0.374. The molecule has 1 heterocycles. The molecule has 1 atom stereocenters. The molecular weight excluding hydrogens is 364 g/mol. The largest absolute Gasteiger partial charge is 0.497 e. The molecule has 0 saturated heterocycles. The Morgan fingerprint density at radius 1 is 1.25 bits per heavy atom. The maximum Gasteiger partial charge on any atom is 0.315 e. The fourth-order valence-corrected chi connectivity index (χ4v) is 2.58. The lowest BCUT2D eigenvalue weighted by Gasteiger charge is -2.18. The van der Waals surface area contributed by atoms with Crippen LogP contribution >= 0.6 is 0 Å². The topological polar surface area (TPSA) is 130 Å². The zero-order valence-corrected chi connectivity index (χ0v) is 16.2. The number of amides is 3. The number of hydroxylamine groups is 1. The Kier molecular flexibility index (Phi) is 7.76. The molecule has 3 amide bonds. The summed E-state index contributed by atoms with van der Waals surface area (Å²) in [5, 5.41) is 22.0. The van der Waals surface area contributed by atoms with Crippen molar-refractivity contribution in [2.45, 2.75) is 39.4 Å². The highest BCUT2D eigenvalue weighted by atomic mass is 16.5. The van der Waals surface area contributed by atoms with Gasteiger partial charge >= 0.3 is 6.03 Å². The first kappa shape index (κ1) is 21.2. The van der Waals surface area contributed by atoms with Crippen LogP contribution in [-0.4, -0.2) is 45.3 Å². The van der Waals surface area contributed by atoms with Gasteiger partial charge in [0.05, 0.1) is 26.4 Å². The predicted octanol–water partition coefficient (Wildman–Crippen LogP) is 1.05. The van der Waals surface area contributed by atoms with Crippen molar-refractivity contribution in [2.75, 3.05) is 7.11 Å². The second kappa shape index (κ2) is 10.3. The Morgan fingerprint density at radius 3 is 2.57 bits per heavy atom. The number of carbonyl (C=O) groups is 2. The number of hydrogen-bond donors (Lipinski definition) is 4. The molecular formula is C18H26N6O4. The van der Waals surface area contributed by atoms with Crippen molar-refractivity contribution < 1.29 is 19.5 Å². The molecule has 2 aromatic rings. The lowest BCUT2D eigenvalue weighted by molar-refractivity contribution is -0.131. The van der Waals surface area contributed by atoms with Crippen molar-refractivity contribution in [1.82, 2.24) is 31.1 Å². The SMILES string of the molecule is COc1ccc(Cn2cc(CNC(=O)N[C@@H](CC(C)C)C(=O)NO)nn2)cc1. The van der Waals surface area contributed by atoms with E-state index in [2.05, 4.69) is 20.9 Å². The minimum atomic E-state index is -0.823. The third kappa shape index (κ3) is 6.54. The van der Waals surface area contributed by atoms with Crippen molar-refractivity contribution >= 4 is 11.9 Å². The van der Waals surface area contributed by atoms with E-state index < -0.39 is 18.0 Å². The van der Waals surface area contributed by atoms with Crippen molar-refractivity contribution in [1.29, 1.82) is 0 Å². The molecule has 0 saturated carbocycles. The van der Waals surface area contributed by atoms with Gasteiger partial charge in [-0.2, -0.15) is 0 Å². The van der Waals surface area contributed by atoms with Gasteiger partial charge in [-0.25, -0.2) is 15.0 Å². The zero-order valence-electron chi connectivity index (χ0n) is 16.2. The van der Waals surface area contributed by atoms with E-state index >= 15 is 0 Å². The first-order chi connectivity index (χ1) is 13.4. The second-order valence-electron chi connectivity index (χ2n) is 6.74. The third-order valence-corrected chi connectivity index (χ3v) is 3.96. The molecule has 0 aliphatic carbocycles. The van der Waals surface area contributed by atoms with Crippen LogP contribution in [0.25, 0.3) is 0 Å². The van der Waals surface area contributed by atoms with Gasteiger partial charge in [0.1, 0.15) is 17.5 Å². The summed E-state index contributed by atoms with van der Waals surface area (Å²) in [6.45, 7) is 4.52. The standard InChI is InChI=1S/C18H26N6O4/c1-12(2)8-16(17(25)22-27)20-18(26)19-9-14-11-24(23-21-14)10-13-4-6-15(28-3)7-5-13/h4-7,11-12,16,27H,8-10H2,1-3H3,(H,22,25)(H2,19,20,26)/t16-/m0/s1. The predicted molar refractivity (Wildman–Crippen MR) is 101 cm³/mol. The molecule has 10 heteroatoms. The lowest BCUT2D eigenvalue weighted by atomic mass is 10.0. The van der Waals surface area contributed by atoms with Crippen LogP contribution in [0.5, 0.6) is 5.75 Å². The smallest absolute Gasteiger partial charge is 0.315 e. The summed E-state index contributed by atoms with van der Waals surface area (Å²) in [7, 11) is 1.61. The van der Waals surface area contributed by atoms with Crippen LogP contribution in [0.1, 0.15) is 31.5 Å². The maximum absolute atomic E-state index is 12.0. The maximum atomic E-state index is 12.0. The number of aromatic nitrogens is 3. The summed E-state index contributed by atoms with van der Waals surface area (Å²) >= 11 is 0. The van der Waals surface area contributed by atoms with Crippen LogP contribution in [0.2, 0.25) is 0 Å². The normalized spacial score (nSPS) is 11.8. The van der Waals surface area contributed by atoms with Crippen molar-refractivity contribution in [2.24, 2.45) is 5.92 Å². The summed E-state index contributed by atoms with van der Waals surface area (Å²) in [5.74, 6) is 0.290. The molecule has 1 aromatic heterocycles. The molecule has 0 aliphatic rings. The minimum Gasteiger partial charge on any atom is -0.497 e. The van der Waals surface area contributed by atoms with E-state index in [1.807, 2.05) is 38.1 Å². The van der Waals surface area contributed by atoms with E-state index in [9.17, 15) is 9.59 Å². The second-order valence-corrected chi connectivity index (χ2v) is 6.74. The molecule has 0 fully saturated rings. The van der Waals surface area contributed by atoms with Crippen LogP contribution < -0.4 is 20.9 Å². The van der Waals surface area contributed by atoms with Gasteiger partial charge in [-0.1, -0.05) is 31.2 Å². The molecule has 0 spiro atoms. The summed E-state index contributed by atoms with van der Waals surface area (Å²) in [5.41, 5.74) is 3.18. The number of carbonyl (C=O) groups excluding carboxylic acids is 2. The van der Waals surface area contributed by atoms with Crippen LogP contribution in [-0.2, 0) is 17.9 Å². The summed E-state index contributed by atoms with van der Waals surface area (Å²) in [6, 6.07) is 6.26. The van der Waals surface area contributed by atoms with E-state index in [4.69, 9.17) is 9.94 Å². The Balaban J connectivity index is 1.85. The van der Waals surface area contributed by atoms with Gasteiger partial charge in [0.2, 0.25) is 0 Å². The third-order valence-electron chi connectivity index (χ3n) is 3.96. The molecule has 2 rings (SSSR count). The molecule has 152 valence electrons. The molecule has 28 heavy (non-hydrogen) atoms. The number of nitrogens with one attached hydrogen (secondary N) is 3. The Morgan fingerprint density at radius 2 is 1.96 bits per heavy atom. The fourth-order valence-electron chi connectivity index (χ4n) is 2.58. The highest BCUT2D eigenvalue weighted by molar-refractivity contribution is 5.86. The van der Waals surface area contributed by atoms with E-state index in [1.54, 1.807) is 23.5 Å². The minimum absolute atomic E-state index is 0.156. The van der Waals surface area contributed by atoms with Crippen LogP contribution in [0.15, 0.2) is 30.5 Å². The lowest BCUT2D eigenvalue weighted by Crippen LogP contribution is -2.49. The van der Waals surface area contributed by atoms with Crippen molar-refractivity contribution in [3.8, 4) is 5.75 Å². The van der Waals surface area contributed by atoms with E-state index in [0.29, 0.717) is 18.7 Å². The molecule has 0 radical (unpaired) electrons. The number of hydrogen-bond acceptors (Lipinski definition) is 6. The van der Waals surface area contributed by atoms with Gasteiger partial charge in [-0.05, 0) is 30.0 Å². The first-order valence-corrected chi connectivity index (χ1v) is 8.91. The highest BCUT2D eigenvalue weighted by Gasteiger charge is 2.21. The average Bonchev–Trinajstić information content (AvgIpc) is 3.13. The van der Waals surface area contributed by atoms with Gasteiger partial charge in [0.15, 0.2) is 0 Å². The van der Waals surface area contributed by atoms with E-state index in [1.165, 1.54) is 0 Å². The summed E-state index contributed by atoms with van der Waals surface area (Å²) in [4.78, 5) is 23.7. The van der Waals surface area contributed by atoms with Gasteiger partial charge in [-0.15, -0.1) is 5.10 Å². The van der Waals surface area contributed by atoms with Crippen molar-refractivity contribution in [3.63, 3.8) is 0 Å². The number of benzene rings is 1. The number of methoxy groups -OCH3 is 1. The van der Waals surface area contributed by atoms with Gasteiger partial charge in [-0.3, -0.25) is 10.0 Å². The first-order valence-electron chi connectivity index (χ1n) is 8.91. The Bertz CT molecular complexity index is 775. The zero-order chi connectivity index (χ0) is 20.5. The van der Waals surface area contributed by atoms with Crippen LogP contribution in [0, 0.1) is 5.92 Å². The Hall–Kier alpha value is -3.14. The average molecular weight is 390 g/mol. The van der Waals surface area contributed by atoms with Crippen molar-refractivity contribution in [3.05, 3.63) is 41.7 Å². The molecule has 10 nitrogen and oxygen atoms in total. The van der Waals surface area contributed by atoms with E-state index in [0.717, 1.165) is 11.3 Å². The highest BCUT2D eigenvalue weighted by Crippen LogP contribution is 2.12. The number of nitrogens with zero attached hydrogens (tertiary/aromatic N) is 3. The van der Waals surface area contributed by atoms with Gasteiger partial charge in [0, 0.05) is 0 Å². The fraction of sp³-hybridized carbons (Fsp3) is 0.444. The van der Waals surface area contributed by atoms with Gasteiger partial charge < -0.3 is 15.4 Å². The molecule has 0 unspecified atom stereocenters. The summed E-state index contributed by atoms with van der Waals surface area (Å²) < 4.78 is 6.79. The molecule has 4 N–H and O–H groups in total. The molecule has 1 aromatic carbocycles.